The Hall–Kier alpha value is -1.10. The number of carbonyl (C=O) groups excluding carboxylic acids is 2. The number of nitrogens with one attached hydrogen (secondary N) is 1. The van der Waals surface area contributed by atoms with Crippen LogP contribution in [-0.4, -0.2) is 47.1 Å². The van der Waals surface area contributed by atoms with Gasteiger partial charge >= 0.3 is 0 Å². The van der Waals surface area contributed by atoms with Crippen molar-refractivity contribution in [1.29, 1.82) is 0 Å². The second-order valence-corrected chi connectivity index (χ2v) is 6.81. The molecule has 0 bridgehead atoms. The molecule has 3 fully saturated rings. The number of aliphatic hydroxyl groups is 1. The fourth-order valence-corrected chi connectivity index (χ4v) is 3.76. The summed E-state index contributed by atoms with van der Waals surface area (Å²) in [5, 5.41) is 12.6. The van der Waals surface area contributed by atoms with Crippen LogP contribution in [0.3, 0.4) is 0 Å². The Balaban J connectivity index is 1.59. The highest BCUT2D eigenvalue weighted by atomic mass is 16.3. The highest BCUT2D eigenvalue weighted by Gasteiger charge is 2.41. The number of likely N-dealkylation sites (tertiary alicyclic amines) is 1. The summed E-state index contributed by atoms with van der Waals surface area (Å²) in [7, 11) is 0. The van der Waals surface area contributed by atoms with Crippen molar-refractivity contribution >= 4 is 11.8 Å². The predicted octanol–water partition coefficient (Wildman–Crippen LogP) is 1.05. The van der Waals surface area contributed by atoms with Gasteiger partial charge in [0, 0.05) is 31.0 Å². The zero-order valence-electron chi connectivity index (χ0n) is 12.6. The molecule has 2 aliphatic carbocycles. The standard InChI is InChI=1S/C16H26N2O3/c19-10-12-4-1-2-5-13(12)17-15(20)14-6-3-9-18(14)16(21)11-7-8-11/h11-14,19H,1-10H2,(H,17,20). The molecule has 3 aliphatic rings. The van der Waals surface area contributed by atoms with Crippen LogP contribution in [-0.2, 0) is 9.59 Å². The van der Waals surface area contributed by atoms with Crippen LogP contribution in [0.15, 0.2) is 0 Å². The highest BCUT2D eigenvalue weighted by molar-refractivity contribution is 5.90. The van der Waals surface area contributed by atoms with Crippen molar-refractivity contribution < 1.29 is 14.7 Å². The molecule has 0 radical (unpaired) electrons. The fraction of sp³-hybridized carbons (Fsp3) is 0.875. The van der Waals surface area contributed by atoms with E-state index in [0.717, 1.165) is 57.9 Å². The SMILES string of the molecule is O=C(NC1CCCCC1CO)C1CCCN1C(=O)C1CC1. The van der Waals surface area contributed by atoms with E-state index in [4.69, 9.17) is 0 Å². The maximum absolute atomic E-state index is 12.5. The molecule has 2 saturated carbocycles. The van der Waals surface area contributed by atoms with E-state index >= 15 is 0 Å². The minimum Gasteiger partial charge on any atom is -0.396 e. The second kappa shape index (κ2) is 6.34. The molecule has 118 valence electrons. The number of rotatable bonds is 4. The van der Waals surface area contributed by atoms with E-state index in [0.29, 0.717) is 0 Å². The first-order valence-electron chi connectivity index (χ1n) is 8.42. The normalized spacial score (nSPS) is 33.0. The van der Waals surface area contributed by atoms with E-state index < -0.39 is 0 Å². The molecule has 2 amide bonds. The molecule has 3 rings (SSSR count). The third-order valence-electron chi connectivity index (χ3n) is 5.24. The smallest absolute Gasteiger partial charge is 0.243 e. The molecule has 1 heterocycles. The van der Waals surface area contributed by atoms with Crippen LogP contribution >= 0.6 is 0 Å². The summed E-state index contributed by atoms with van der Waals surface area (Å²) in [5.41, 5.74) is 0. The summed E-state index contributed by atoms with van der Waals surface area (Å²) in [4.78, 5) is 26.6. The first-order chi connectivity index (χ1) is 10.2. The van der Waals surface area contributed by atoms with Gasteiger partial charge in [-0.1, -0.05) is 12.8 Å². The van der Waals surface area contributed by atoms with E-state index in [2.05, 4.69) is 5.32 Å². The molecule has 0 spiro atoms. The fourth-order valence-electron chi connectivity index (χ4n) is 3.76. The molecule has 5 nitrogen and oxygen atoms in total. The van der Waals surface area contributed by atoms with E-state index in [9.17, 15) is 14.7 Å². The maximum atomic E-state index is 12.5. The summed E-state index contributed by atoms with van der Waals surface area (Å²) in [6.07, 6.45) is 7.84. The van der Waals surface area contributed by atoms with Crippen LogP contribution in [0.5, 0.6) is 0 Å². The number of aliphatic hydroxyl groups excluding tert-OH is 1. The van der Waals surface area contributed by atoms with E-state index in [1.54, 1.807) is 4.90 Å². The number of nitrogens with zero attached hydrogens (tertiary/aromatic N) is 1. The van der Waals surface area contributed by atoms with Gasteiger partial charge in [0.15, 0.2) is 0 Å². The minimum atomic E-state index is -0.278. The van der Waals surface area contributed by atoms with Gasteiger partial charge < -0.3 is 15.3 Å². The summed E-state index contributed by atoms with van der Waals surface area (Å²) in [6.45, 7) is 0.863. The summed E-state index contributed by atoms with van der Waals surface area (Å²) in [6, 6.07) is -0.200. The molecule has 21 heavy (non-hydrogen) atoms. The zero-order chi connectivity index (χ0) is 14.8. The quantitative estimate of drug-likeness (QED) is 0.814. The molecule has 3 atom stereocenters. The molecule has 3 unspecified atom stereocenters. The van der Waals surface area contributed by atoms with Crippen molar-refractivity contribution in [1.82, 2.24) is 10.2 Å². The van der Waals surface area contributed by atoms with Crippen LogP contribution in [0.25, 0.3) is 0 Å². The van der Waals surface area contributed by atoms with Gasteiger partial charge in [-0.15, -0.1) is 0 Å². The number of hydrogen-bond donors (Lipinski definition) is 2. The maximum Gasteiger partial charge on any atom is 0.243 e. The lowest BCUT2D eigenvalue weighted by Gasteiger charge is -2.33. The summed E-state index contributed by atoms with van der Waals surface area (Å²) in [5.74, 6) is 0.525. The van der Waals surface area contributed by atoms with Gasteiger partial charge in [-0.25, -0.2) is 0 Å². The third kappa shape index (κ3) is 3.23. The van der Waals surface area contributed by atoms with Gasteiger partial charge in [0.1, 0.15) is 6.04 Å². The monoisotopic (exact) mass is 294 g/mol. The summed E-state index contributed by atoms with van der Waals surface area (Å²) < 4.78 is 0. The topological polar surface area (TPSA) is 69.6 Å². The molecule has 1 saturated heterocycles. The Kier molecular flexibility index (Phi) is 4.48. The molecular formula is C16H26N2O3. The van der Waals surface area contributed by atoms with Crippen molar-refractivity contribution in [2.75, 3.05) is 13.2 Å². The third-order valence-corrected chi connectivity index (χ3v) is 5.24. The van der Waals surface area contributed by atoms with Crippen LogP contribution in [0, 0.1) is 11.8 Å². The zero-order valence-corrected chi connectivity index (χ0v) is 12.6. The van der Waals surface area contributed by atoms with Crippen molar-refractivity contribution in [3.63, 3.8) is 0 Å². The van der Waals surface area contributed by atoms with E-state index in [1.165, 1.54) is 0 Å². The Morgan fingerprint density at radius 2 is 1.81 bits per heavy atom. The Morgan fingerprint density at radius 3 is 2.52 bits per heavy atom. The largest absolute Gasteiger partial charge is 0.396 e. The highest BCUT2D eigenvalue weighted by Crippen LogP contribution is 2.34. The van der Waals surface area contributed by atoms with Gasteiger partial charge in [0.2, 0.25) is 11.8 Å². The van der Waals surface area contributed by atoms with Crippen LogP contribution < -0.4 is 5.32 Å². The molecule has 2 N–H and O–H groups in total. The lowest BCUT2D eigenvalue weighted by molar-refractivity contribution is -0.140. The van der Waals surface area contributed by atoms with Crippen LogP contribution in [0.2, 0.25) is 0 Å². The van der Waals surface area contributed by atoms with E-state index in [1.807, 2.05) is 0 Å². The predicted molar refractivity (Wildman–Crippen MR) is 78.4 cm³/mol. The van der Waals surface area contributed by atoms with Crippen LogP contribution in [0.1, 0.15) is 51.4 Å². The number of amides is 2. The molecule has 1 aliphatic heterocycles. The number of hydrogen-bond acceptors (Lipinski definition) is 3. The minimum absolute atomic E-state index is 0.00755. The lowest BCUT2D eigenvalue weighted by Crippen LogP contribution is -2.52. The van der Waals surface area contributed by atoms with Gasteiger partial charge in [-0.3, -0.25) is 9.59 Å². The van der Waals surface area contributed by atoms with Crippen LogP contribution in [0.4, 0.5) is 0 Å². The molecular weight excluding hydrogens is 268 g/mol. The Bertz CT molecular complexity index is 408. The average molecular weight is 294 g/mol. The molecule has 5 heteroatoms. The van der Waals surface area contributed by atoms with Gasteiger partial charge in [-0.05, 0) is 38.5 Å². The number of carbonyl (C=O) groups is 2. The second-order valence-electron chi connectivity index (χ2n) is 6.81. The molecule has 0 aromatic carbocycles. The Morgan fingerprint density at radius 1 is 1.05 bits per heavy atom. The van der Waals surface area contributed by atoms with Gasteiger partial charge in [0.05, 0.1) is 0 Å². The average Bonchev–Trinajstić information content (AvgIpc) is 3.23. The Labute approximate surface area is 126 Å². The van der Waals surface area contributed by atoms with Crippen molar-refractivity contribution in [2.45, 2.75) is 63.5 Å². The van der Waals surface area contributed by atoms with Gasteiger partial charge in [-0.2, -0.15) is 0 Å². The van der Waals surface area contributed by atoms with Crippen molar-refractivity contribution in [3.05, 3.63) is 0 Å². The molecule has 0 aromatic heterocycles. The molecule has 0 aromatic rings. The first kappa shape index (κ1) is 14.8. The van der Waals surface area contributed by atoms with Gasteiger partial charge in [0.25, 0.3) is 0 Å². The first-order valence-corrected chi connectivity index (χ1v) is 8.42. The lowest BCUT2D eigenvalue weighted by atomic mass is 9.85. The van der Waals surface area contributed by atoms with Crippen molar-refractivity contribution in [3.8, 4) is 0 Å². The van der Waals surface area contributed by atoms with Crippen molar-refractivity contribution in [2.24, 2.45) is 11.8 Å². The van der Waals surface area contributed by atoms with E-state index in [-0.39, 0.29) is 42.3 Å². The summed E-state index contributed by atoms with van der Waals surface area (Å²) >= 11 is 0.